The predicted octanol–water partition coefficient (Wildman–Crippen LogP) is 3.26. The largest absolute Gasteiger partial charge is 0.348 e. The van der Waals surface area contributed by atoms with E-state index in [4.69, 9.17) is 11.6 Å². The van der Waals surface area contributed by atoms with Crippen molar-refractivity contribution >= 4 is 23.2 Å². The third kappa shape index (κ3) is 3.79. The predicted molar refractivity (Wildman–Crippen MR) is 80.3 cm³/mol. The van der Waals surface area contributed by atoms with Crippen LogP contribution < -0.4 is 5.32 Å². The number of para-hydroxylation sites is 1. The molecule has 1 amide bonds. The molecule has 2 rings (SSSR count). The molecule has 0 aromatic heterocycles. The van der Waals surface area contributed by atoms with Crippen molar-refractivity contribution in [3.63, 3.8) is 0 Å². The van der Waals surface area contributed by atoms with Gasteiger partial charge in [0.15, 0.2) is 0 Å². The third-order valence-electron chi connectivity index (χ3n) is 3.00. The molecule has 0 fully saturated rings. The summed E-state index contributed by atoms with van der Waals surface area (Å²) < 4.78 is 0. The summed E-state index contributed by atoms with van der Waals surface area (Å²) in [6, 6.07) is 13.2. The summed E-state index contributed by atoms with van der Waals surface area (Å²) in [6.45, 7) is 0.104. The van der Waals surface area contributed by atoms with Gasteiger partial charge >= 0.3 is 0 Å². The number of hydrogen-bond acceptors (Lipinski definition) is 3. The van der Waals surface area contributed by atoms with Crippen LogP contribution in [0, 0.1) is 10.1 Å². The van der Waals surface area contributed by atoms with Gasteiger partial charge in [0.1, 0.15) is 0 Å². The monoisotopic (exact) mass is 304 g/mol. The molecular formula is C15H13ClN2O3. The Balaban J connectivity index is 2.05. The van der Waals surface area contributed by atoms with E-state index in [2.05, 4.69) is 5.32 Å². The van der Waals surface area contributed by atoms with Crippen LogP contribution in [-0.2, 0) is 12.4 Å². The van der Waals surface area contributed by atoms with Gasteiger partial charge in [-0.2, -0.15) is 0 Å². The van der Waals surface area contributed by atoms with Gasteiger partial charge in [-0.3, -0.25) is 14.9 Å². The zero-order chi connectivity index (χ0) is 15.2. The minimum Gasteiger partial charge on any atom is -0.348 e. The Hall–Kier alpha value is -2.40. The minimum absolute atomic E-state index is 0.00436. The van der Waals surface area contributed by atoms with E-state index >= 15 is 0 Å². The Morgan fingerprint density at radius 1 is 1.14 bits per heavy atom. The van der Waals surface area contributed by atoms with Crippen LogP contribution in [0.4, 0.5) is 5.69 Å². The molecule has 108 valence electrons. The summed E-state index contributed by atoms with van der Waals surface area (Å²) in [5, 5.41) is 13.6. The molecule has 0 aliphatic carbocycles. The summed E-state index contributed by atoms with van der Waals surface area (Å²) in [7, 11) is 0. The fourth-order valence-electron chi connectivity index (χ4n) is 1.86. The number of nitrogens with one attached hydrogen (secondary N) is 1. The molecule has 21 heavy (non-hydrogen) atoms. The lowest BCUT2D eigenvalue weighted by molar-refractivity contribution is -0.385. The van der Waals surface area contributed by atoms with E-state index in [1.54, 1.807) is 42.5 Å². The second-order valence-electron chi connectivity index (χ2n) is 4.40. The van der Waals surface area contributed by atoms with Crippen molar-refractivity contribution in [2.45, 2.75) is 12.4 Å². The molecular weight excluding hydrogens is 292 g/mol. The number of alkyl halides is 1. The number of hydrogen-bond donors (Lipinski definition) is 1. The van der Waals surface area contributed by atoms with Gasteiger partial charge in [0.2, 0.25) is 0 Å². The number of carbonyl (C=O) groups is 1. The molecule has 0 spiro atoms. The van der Waals surface area contributed by atoms with Crippen LogP contribution in [0.15, 0.2) is 48.5 Å². The van der Waals surface area contributed by atoms with E-state index < -0.39 is 4.92 Å². The molecule has 0 aliphatic rings. The summed E-state index contributed by atoms with van der Waals surface area (Å²) >= 11 is 5.68. The molecule has 5 nitrogen and oxygen atoms in total. The normalized spacial score (nSPS) is 10.1. The van der Waals surface area contributed by atoms with Gasteiger partial charge in [-0.25, -0.2) is 0 Å². The van der Waals surface area contributed by atoms with Crippen LogP contribution in [-0.4, -0.2) is 10.8 Å². The summed E-state index contributed by atoms with van der Waals surface area (Å²) in [5.74, 6) is 0.104. The van der Waals surface area contributed by atoms with Gasteiger partial charge < -0.3 is 5.32 Å². The maximum Gasteiger partial charge on any atom is 0.274 e. The van der Waals surface area contributed by atoms with Crippen molar-refractivity contribution in [2.75, 3.05) is 0 Å². The van der Waals surface area contributed by atoms with E-state index in [9.17, 15) is 14.9 Å². The van der Waals surface area contributed by atoms with Crippen LogP contribution in [0.25, 0.3) is 0 Å². The number of nitro benzene ring substituents is 1. The number of halogens is 1. The summed E-state index contributed by atoms with van der Waals surface area (Å²) in [6.07, 6.45) is 0. The summed E-state index contributed by atoms with van der Waals surface area (Å²) in [4.78, 5) is 22.4. The highest BCUT2D eigenvalue weighted by Crippen LogP contribution is 2.17. The van der Waals surface area contributed by atoms with Gasteiger partial charge in [0.05, 0.1) is 4.92 Å². The first-order valence-corrected chi connectivity index (χ1v) is 6.80. The van der Waals surface area contributed by atoms with Gasteiger partial charge in [-0.1, -0.05) is 30.3 Å². The van der Waals surface area contributed by atoms with Crippen LogP contribution in [0.2, 0.25) is 0 Å². The second-order valence-corrected chi connectivity index (χ2v) is 4.67. The molecule has 2 aromatic rings. The average molecular weight is 305 g/mol. The topological polar surface area (TPSA) is 72.2 Å². The van der Waals surface area contributed by atoms with Crippen molar-refractivity contribution in [1.82, 2.24) is 5.32 Å². The highest BCUT2D eigenvalue weighted by molar-refractivity contribution is 6.17. The zero-order valence-electron chi connectivity index (χ0n) is 11.1. The molecule has 0 saturated heterocycles. The van der Waals surface area contributed by atoms with Gasteiger partial charge in [-0.15, -0.1) is 11.6 Å². The molecule has 0 aliphatic heterocycles. The minimum atomic E-state index is -0.462. The Morgan fingerprint density at radius 2 is 1.81 bits per heavy atom. The number of amides is 1. The fourth-order valence-corrected chi connectivity index (χ4v) is 2.04. The standard InChI is InChI=1S/C15H13ClN2O3/c16-9-11-5-7-12(8-6-11)15(19)17-10-13-3-1-2-4-14(13)18(20)21/h1-8H,9-10H2,(H,17,19). The lowest BCUT2D eigenvalue weighted by atomic mass is 10.1. The number of benzene rings is 2. The Labute approximate surface area is 126 Å². The second kappa shape index (κ2) is 6.85. The maximum absolute atomic E-state index is 12.0. The first-order valence-electron chi connectivity index (χ1n) is 6.27. The van der Waals surface area contributed by atoms with Gasteiger partial charge in [0, 0.05) is 29.6 Å². The van der Waals surface area contributed by atoms with E-state index in [1.807, 2.05) is 0 Å². The van der Waals surface area contributed by atoms with Crippen LogP contribution in [0.3, 0.4) is 0 Å². The quantitative estimate of drug-likeness (QED) is 0.523. The number of nitro groups is 1. The van der Waals surface area contributed by atoms with Gasteiger partial charge in [0.25, 0.3) is 11.6 Å². The third-order valence-corrected chi connectivity index (χ3v) is 3.31. The average Bonchev–Trinajstić information content (AvgIpc) is 2.52. The lowest BCUT2D eigenvalue weighted by Crippen LogP contribution is -2.23. The first-order chi connectivity index (χ1) is 10.1. The Bertz CT molecular complexity index is 656. The number of rotatable bonds is 5. The maximum atomic E-state index is 12.0. The van der Waals surface area contributed by atoms with Crippen molar-refractivity contribution in [3.8, 4) is 0 Å². The summed E-state index contributed by atoms with van der Waals surface area (Å²) in [5.41, 5.74) is 1.87. The van der Waals surface area contributed by atoms with Crippen LogP contribution in [0.1, 0.15) is 21.5 Å². The molecule has 0 saturated carbocycles. The lowest BCUT2D eigenvalue weighted by Gasteiger charge is -2.06. The molecule has 0 heterocycles. The molecule has 6 heteroatoms. The number of nitrogens with zero attached hydrogens (tertiary/aromatic N) is 1. The molecule has 2 aromatic carbocycles. The van der Waals surface area contributed by atoms with E-state index in [0.717, 1.165) is 5.56 Å². The van der Waals surface area contributed by atoms with Crippen molar-refractivity contribution < 1.29 is 9.72 Å². The van der Waals surface area contributed by atoms with E-state index in [1.165, 1.54) is 6.07 Å². The van der Waals surface area contributed by atoms with Crippen LogP contribution >= 0.6 is 11.6 Å². The van der Waals surface area contributed by atoms with Crippen molar-refractivity contribution in [1.29, 1.82) is 0 Å². The zero-order valence-corrected chi connectivity index (χ0v) is 11.8. The number of carbonyl (C=O) groups excluding carboxylic acids is 1. The van der Waals surface area contributed by atoms with Crippen LogP contribution in [0.5, 0.6) is 0 Å². The van der Waals surface area contributed by atoms with E-state index in [-0.39, 0.29) is 18.1 Å². The highest BCUT2D eigenvalue weighted by Gasteiger charge is 2.13. The fraction of sp³-hybridized carbons (Fsp3) is 0.133. The molecule has 0 radical (unpaired) electrons. The molecule has 0 atom stereocenters. The molecule has 0 unspecified atom stereocenters. The first kappa shape index (κ1) is 15.0. The highest BCUT2D eigenvalue weighted by atomic mass is 35.5. The molecule has 1 N–H and O–H groups in total. The molecule has 0 bridgehead atoms. The van der Waals surface area contributed by atoms with Gasteiger partial charge in [-0.05, 0) is 17.7 Å². The van der Waals surface area contributed by atoms with Crippen molar-refractivity contribution in [2.24, 2.45) is 0 Å². The smallest absolute Gasteiger partial charge is 0.274 e. The van der Waals surface area contributed by atoms with Crippen molar-refractivity contribution in [3.05, 3.63) is 75.3 Å². The SMILES string of the molecule is O=C(NCc1ccccc1[N+](=O)[O-])c1ccc(CCl)cc1. The Kier molecular flexibility index (Phi) is 4.90. The Morgan fingerprint density at radius 3 is 2.43 bits per heavy atom. The van der Waals surface area contributed by atoms with E-state index in [0.29, 0.717) is 17.0 Å².